The van der Waals surface area contributed by atoms with E-state index >= 15 is 0 Å². The van der Waals surface area contributed by atoms with Gasteiger partial charge in [-0.15, -0.1) is 0 Å². The average molecular weight is 378 g/mol. The normalized spacial score (nSPS) is 15.0. The molecule has 1 fully saturated rings. The lowest BCUT2D eigenvalue weighted by Crippen LogP contribution is -2.34. The summed E-state index contributed by atoms with van der Waals surface area (Å²) in [5.41, 5.74) is 4.22. The Morgan fingerprint density at radius 3 is 2.46 bits per heavy atom. The first-order chi connectivity index (χ1) is 13.5. The number of carbonyl (C=O) groups is 1. The summed E-state index contributed by atoms with van der Waals surface area (Å²) in [6.45, 7) is 13.0. The molecule has 28 heavy (non-hydrogen) atoms. The van der Waals surface area contributed by atoms with Crippen molar-refractivity contribution in [2.75, 3.05) is 33.4 Å². The summed E-state index contributed by atoms with van der Waals surface area (Å²) in [7, 11) is 1.56. The number of nitrogens with one attached hydrogen (secondary N) is 1. The van der Waals surface area contributed by atoms with Crippen LogP contribution in [0.3, 0.4) is 0 Å². The van der Waals surface area contributed by atoms with Crippen LogP contribution in [0.1, 0.15) is 28.5 Å². The fourth-order valence-corrected chi connectivity index (χ4v) is 3.24. The van der Waals surface area contributed by atoms with Gasteiger partial charge in [0.15, 0.2) is 5.78 Å². The minimum absolute atomic E-state index is 0.134. The zero-order chi connectivity index (χ0) is 20.1. The molecule has 3 rings (SSSR count). The summed E-state index contributed by atoms with van der Waals surface area (Å²) >= 11 is 0. The predicted octanol–water partition coefficient (Wildman–Crippen LogP) is 4.13. The molecule has 1 N–H and O–H groups in total. The Balaban J connectivity index is 1.87. The molecule has 1 aliphatic heterocycles. The number of H-pyrrole nitrogens is 1. The van der Waals surface area contributed by atoms with Crippen LogP contribution in [0.4, 0.5) is 0 Å². The molecular weight excluding hydrogens is 352 g/mol. The molecule has 0 aliphatic carbocycles. The lowest BCUT2D eigenvalue weighted by molar-refractivity contribution is 0.0639. The second kappa shape index (κ2) is 8.76. The van der Waals surface area contributed by atoms with Crippen LogP contribution < -0.4 is 0 Å². The highest BCUT2D eigenvalue weighted by atomic mass is 16.5. The van der Waals surface area contributed by atoms with Crippen LogP contribution in [-0.4, -0.2) is 49.1 Å². The Morgan fingerprint density at radius 2 is 1.82 bits per heavy atom. The van der Waals surface area contributed by atoms with Gasteiger partial charge in [0.1, 0.15) is 5.76 Å². The summed E-state index contributed by atoms with van der Waals surface area (Å²) < 4.78 is 10.8. The van der Waals surface area contributed by atoms with Crippen LogP contribution in [0.5, 0.6) is 0 Å². The third-order valence-electron chi connectivity index (χ3n) is 4.96. The van der Waals surface area contributed by atoms with Gasteiger partial charge in [-0.1, -0.05) is 43.5 Å². The first-order valence-electron chi connectivity index (χ1n) is 9.27. The van der Waals surface area contributed by atoms with Crippen molar-refractivity contribution in [3.05, 3.63) is 83.9 Å². The van der Waals surface area contributed by atoms with Crippen molar-refractivity contribution in [1.82, 2.24) is 9.88 Å². The monoisotopic (exact) mass is 378 g/mol. The van der Waals surface area contributed by atoms with E-state index in [1.165, 1.54) is 0 Å². The maximum absolute atomic E-state index is 13.3. The standard InChI is InChI=1S/C23H26N2O3/c1-16(19-8-6-5-7-9-19)22(18(3)27-4)23(26)20-14-21(24-15-20)17(2)25-10-12-28-13-11-25/h5-9,14-15,24H,1-2,10-13H2,3-4H3/b22-18+. The van der Waals surface area contributed by atoms with Gasteiger partial charge >= 0.3 is 0 Å². The second-order valence-corrected chi connectivity index (χ2v) is 6.66. The number of morpholine rings is 1. The van der Waals surface area contributed by atoms with Crippen LogP contribution >= 0.6 is 0 Å². The molecule has 2 aromatic rings. The van der Waals surface area contributed by atoms with E-state index in [-0.39, 0.29) is 5.78 Å². The Hall–Kier alpha value is -3.05. The fourth-order valence-electron chi connectivity index (χ4n) is 3.24. The summed E-state index contributed by atoms with van der Waals surface area (Å²) in [4.78, 5) is 18.6. The first-order valence-corrected chi connectivity index (χ1v) is 9.27. The minimum Gasteiger partial charge on any atom is -0.501 e. The SMILES string of the molecule is C=C(/C(C(=O)c1c[nH]c(C(=C)N2CCOCC2)c1)=C(/C)OC)c1ccccc1. The van der Waals surface area contributed by atoms with Crippen LogP contribution in [0.15, 0.2) is 67.1 Å². The molecule has 0 unspecified atom stereocenters. The number of nitrogens with zero attached hydrogens (tertiary/aromatic N) is 1. The van der Waals surface area contributed by atoms with Gasteiger partial charge in [-0.2, -0.15) is 0 Å². The smallest absolute Gasteiger partial charge is 0.198 e. The number of carbonyl (C=O) groups excluding carboxylic acids is 1. The molecule has 5 nitrogen and oxygen atoms in total. The summed E-state index contributed by atoms with van der Waals surface area (Å²) in [5.74, 6) is 0.402. The minimum atomic E-state index is -0.134. The summed E-state index contributed by atoms with van der Waals surface area (Å²) in [6, 6.07) is 11.5. The molecule has 5 heteroatoms. The van der Waals surface area contributed by atoms with Crippen LogP contribution in [0.2, 0.25) is 0 Å². The summed E-state index contributed by atoms with van der Waals surface area (Å²) in [5, 5.41) is 0. The first kappa shape index (κ1) is 19.7. The van der Waals surface area contributed by atoms with Gasteiger partial charge in [0.2, 0.25) is 0 Å². The highest BCUT2D eigenvalue weighted by molar-refractivity contribution is 6.18. The lowest BCUT2D eigenvalue weighted by atomic mass is 9.93. The fraction of sp³-hybridized carbons (Fsp3) is 0.261. The molecule has 0 atom stereocenters. The van der Waals surface area contributed by atoms with E-state index in [0.29, 0.717) is 35.7 Å². The van der Waals surface area contributed by atoms with Crippen LogP contribution in [-0.2, 0) is 9.47 Å². The van der Waals surface area contributed by atoms with Gasteiger partial charge in [0, 0.05) is 24.8 Å². The van der Waals surface area contributed by atoms with E-state index in [1.807, 2.05) is 36.4 Å². The number of hydrogen-bond donors (Lipinski definition) is 1. The number of ether oxygens (including phenoxy) is 2. The van der Waals surface area contributed by atoms with E-state index in [0.717, 1.165) is 30.0 Å². The van der Waals surface area contributed by atoms with Gasteiger partial charge in [0.05, 0.1) is 37.3 Å². The zero-order valence-corrected chi connectivity index (χ0v) is 16.5. The maximum atomic E-state index is 13.3. The molecular formula is C23H26N2O3. The van der Waals surface area contributed by atoms with Crippen molar-refractivity contribution >= 4 is 17.1 Å². The molecule has 0 saturated carbocycles. The third kappa shape index (κ3) is 4.10. The van der Waals surface area contributed by atoms with E-state index in [9.17, 15) is 4.79 Å². The van der Waals surface area contributed by atoms with Gasteiger partial charge in [-0.25, -0.2) is 0 Å². The highest BCUT2D eigenvalue weighted by Crippen LogP contribution is 2.28. The molecule has 0 amide bonds. The average Bonchev–Trinajstić information content (AvgIpc) is 3.24. The largest absolute Gasteiger partial charge is 0.501 e. The van der Waals surface area contributed by atoms with E-state index < -0.39 is 0 Å². The number of methoxy groups -OCH3 is 1. The van der Waals surface area contributed by atoms with Gasteiger partial charge < -0.3 is 19.4 Å². The van der Waals surface area contributed by atoms with Gasteiger partial charge in [0.25, 0.3) is 0 Å². The number of hydrogen-bond acceptors (Lipinski definition) is 4. The van der Waals surface area contributed by atoms with Gasteiger partial charge in [-0.05, 0) is 24.1 Å². The van der Waals surface area contributed by atoms with E-state index in [2.05, 4.69) is 23.0 Å². The topological polar surface area (TPSA) is 54.6 Å². The quantitative estimate of drug-likeness (QED) is 0.341. The third-order valence-corrected chi connectivity index (χ3v) is 4.96. The zero-order valence-electron chi connectivity index (χ0n) is 16.5. The molecule has 1 aliphatic rings. The Kier molecular flexibility index (Phi) is 6.16. The van der Waals surface area contributed by atoms with Crippen molar-refractivity contribution in [2.45, 2.75) is 6.92 Å². The molecule has 2 heterocycles. The Bertz CT molecular complexity index is 903. The molecule has 1 aromatic heterocycles. The van der Waals surface area contributed by atoms with Crippen LogP contribution in [0.25, 0.3) is 11.3 Å². The molecule has 146 valence electrons. The van der Waals surface area contributed by atoms with Crippen molar-refractivity contribution < 1.29 is 14.3 Å². The molecule has 0 spiro atoms. The van der Waals surface area contributed by atoms with E-state index in [1.54, 1.807) is 20.2 Å². The van der Waals surface area contributed by atoms with Crippen molar-refractivity contribution in [3.8, 4) is 0 Å². The van der Waals surface area contributed by atoms with Crippen molar-refractivity contribution in [2.24, 2.45) is 0 Å². The Labute approximate surface area is 166 Å². The van der Waals surface area contributed by atoms with Gasteiger partial charge in [-0.3, -0.25) is 4.79 Å². The number of aromatic amines is 1. The maximum Gasteiger partial charge on any atom is 0.198 e. The highest BCUT2D eigenvalue weighted by Gasteiger charge is 2.22. The summed E-state index contributed by atoms with van der Waals surface area (Å²) in [6.07, 6.45) is 1.71. The number of allylic oxidation sites excluding steroid dienone is 3. The van der Waals surface area contributed by atoms with E-state index in [4.69, 9.17) is 9.47 Å². The second-order valence-electron chi connectivity index (χ2n) is 6.66. The Morgan fingerprint density at radius 1 is 1.14 bits per heavy atom. The molecule has 0 radical (unpaired) electrons. The molecule has 1 aromatic carbocycles. The lowest BCUT2D eigenvalue weighted by Gasteiger charge is -2.29. The van der Waals surface area contributed by atoms with Crippen LogP contribution in [0, 0.1) is 0 Å². The van der Waals surface area contributed by atoms with Crippen molar-refractivity contribution in [3.63, 3.8) is 0 Å². The number of rotatable bonds is 7. The molecule has 0 bridgehead atoms. The number of ketones is 1. The number of aromatic nitrogens is 1. The number of Topliss-reactive ketones (excluding diaryl/α,β-unsaturated/α-hetero) is 1. The van der Waals surface area contributed by atoms with Crippen molar-refractivity contribution in [1.29, 1.82) is 0 Å². The predicted molar refractivity (Wildman–Crippen MR) is 112 cm³/mol. The molecule has 1 saturated heterocycles. The number of benzene rings is 1.